The van der Waals surface area contributed by atoms with Gasteiger partial charge in [0.25, 0.3) is 5.56 Å². The fourth-order valence-electron chi connectivity index (χ4n) is 3.50. The summed E-state index contributed by atoms with van der Waals surface area (Å²) in [6.45, 7) is 3.39. The van der Waals surface area contributed by atoms with E-state index in [1.807, 2.05) is 30.7 Å². The molecule has 0 fully saturated rings. The molecule has 1 aromatic rings. The zero-order valence-corrected chi connectivity index (χ0v) is 19.5. The maximum absolute atomic E-state index is 12.4. The van der Waals surface area contributed by atoms with Gasteiger partial charge in [-0.3, -0.25) is 23.3 Å². The predicted molar refractivity (Wildman–Crippen MR) is 120 cm³/mol. The second-order valence-corrected chi connectivity index (χ2v) is 9.19. The van der Waals surface area contributed by atoms with Crippen LogP contribution in [-0.2, 0) is 31.2 Å². The van der Waals surface area contributed by atoms with Crippen molar-refractivity contribution in [3.8, 4) is 11.5 Å². The molecule has 2 aliphatic heterocycles. The van der Waals surface area contributed by atoms with E-state index in [4.69, 9.17) is 13.6 Å². The Bertz CT molecular complexity index is 1220. The molecule has 0 saturated heterocycles. The van der Waals surface area contributed by atoms with Crippen molar-refractivity contribution in [2.45, 2.75) is 39.3 Å². The van der Waals surface area contributed by atoms with E-state index < -0.39 is 19.1 Å². The number of fused-ring (bicyclic) bond motifs is 2. The number of aryl methyl sites for hydroxylation is 2. The molecular weight excluding hydrogens is 437 g/mol. The molecular formula is C20H28N5O6P. The molecule has 0 saturated carbocycles. The van der Waals surface area contributed by atoms with Gasteiger partial charge in [-0.25, -0.2) is 14.3 Å². The minimum Gasteiger partial charge on any atom is -0.322 e. The molecule has 2 heterocycles. The minimum atomic E-state index is -3.48. The molecule has 12 heteroatoms. The van der Waals surface area contributed by atoms with Crippen LogP contribution in [-0.4, -0.2) is 47.4 Å². The van der Waals surface area contributed by atoms with Crippen molar-refractivity contribution < 1.29 is 18.1 Å². The smallest absolute Gasteiger partial charge is 0.322 e. The van der Waals surface area contributed by atoms with Gasteiger partial charge in [-0.2, -0.15) is 4.98 Å². The molecule has 2 N–H and O–H groups in total. The fourth-order valence-corrected chi connectivity index (χ4v) is 4.21. The Labute approximate surface area is 185 Å². The Kier molecular flexibility index (Phi) is 7.91. The van der Waals surface area contributed by atoms with Gasteiger partial charge in [0.15, 0.2) is 11.5 Å². The van der Waals surface area contributed by atoms with Gasteiger partial charge < -0.3 is 9.88 Å². The SMILES string of the molecule is CNCc1cc2c(cc1C)nc1c(=O)[nH]c(=O)nc-1n2CCCCCOP(=O)(OC)OC. The van der Waals surface area contributed by atoms with Crippen LogP contribution in [0.4, 0.5) is 0 Å². The van der Waals surface area contributed by atoms with E-state index in [0.717, 1.165) is 23.1 Å². The van der Waals surface area contributed by atoms with Crippen LogP contribution in [0.3, 0.4) is 0 Å². The van der Waals surface area contributed by atoms with Crippen molar-refractivity contribution in [1.82, 2.24) is 24.8 Å². The van der Waals surface area contributed by atoms with Gasteiger partial charge in [-0.1, -0.05) is 0 Å². The molecule has 11 nitrogen and oxygen atoms in total. The summed E-state index contributed by atoms with van der Waals surface area (Å²) >= 11 is 0. The highest BCUT2D eigenvalue weighted by atomic mass is 31.2. The van der Waals surface area contributed by atoms with Crippen LogP contribution < -0.4 is 16.6 Å². The van der Waals surface area contributed by atoms with Crippen LogP contribution in [0.1, 0.15) is 30.4 Å². The van der Waals surface area contributed by atoms with Gasteiger partial charge in [0.05, 0.1) is 17.6 Å². The van der Waals surface area contributed by atoms with Crippen molar-refractivity contribution in [3.63, 3.8) is 0 Å². The monoisotopic (exact) mass is 465 g/mol. The van der Waals surface area contributed by atoms with E-state index in [9.17, 15) is 14.2 Å². The third-order valence-corrected chi connectivity index (χ3v) is 6.55. The molecule has 2 aliphatic rings. The number of nitrogens with one attached hydrogen (secondary N) is 2. The molecule has 0 bridgehead atoms. The number of unbranched alkanes of at least 4 members (excludes halogenated alkanes) is 2. The summed E-state index contributed by atoms with van der Waals surface area (Å²) in [6, 6.07) is 3.95. The Hall–Kier alpha value is -2.43. The summed E-state index contributed by atoms with van der Waals surface area (Å²) in [7, 11) is 0.922. The molecule has 0 radical (unpaired) electrons. The average molecular weight is 465 g/mol. The van der Waals surface area contributed by atoms with Crippen LogP contribution in [0.5, 0.6) is 0 Å². The number of aromatic amines is 1. The Morgan fingerprint density at radius 3 is 2.56 bits per heavy atom. The molecule has 174 valence electrons. The molecule has 0 aliphatic carbocycles. The highest BCUT2D eigenvalue weighted by Crippen LogP contribution is 2.47. The highest BCUT2D eigenvalue weighted by Gasteiger charge is 2.22. The standard InChI is InChI=1S/C20H28N5O6P/c1-13-10-15-16(11-14(13)12-21-2)25(18-17(22-15)19(26)24-20(27)23-18)8-6-5-7-9-31-32(28,29-3)30-4/h10-11,21H,5-9,12H2,1-4H3,(H,24,26,27). The van der Waals surface area contributed by atoms with E-state index in [2.05, 4.69) is 20.3 Å². The van der Waals surface area contributed by atoms with Crippen molar-refractivity contribution in [1.29, 1.82) is 0 Å². The third-order valence-electron chi connectivity index (χ3n) is 5.16. The summed E-state index contributed by atoms with van der Waals surface area (Å²) in [4.78, 5) is 35.0. The number of hydrogen-bond acceptors (Lipinski definition) is 9. The van der Waals surface area contributed by atoms with E-state index in [0.29, 0.717) is 31.4 Å². The normalized spacial score (nSPS) is 12.1. The minimum absolute atomic E-state index is 0.127. The topological polar surface area (TPSA) is 137 Å². The lowest BCUT2D eigenvalue weighted by Gasteiger charge is -2.18. The Morgan fingerprint density at radius 2 is 1.88 bits per heavy atom. The third kappa shape index (κ3) is 5.31. The van der Waals surface area contributed by atoms with Crippen molar-refractivity contribution >= 4 is 18.9 Å². The zero-order chi connectivity index (χ0) is 23.3. The first kappa shape index (κ1) is 24.2. The predicted octanol–water partition coefficient (Wildman–Crippen LogP) is 2.20. The van der Waals surface area contributed by atoms with Gasteiger partial charge >= 0.3 is 13.5 Å². The van der Waals surface area contributed by atoms with E-state index in [1.165, 1.54) is 14.2 Å². The summed E-state index contributed by atoms with van der Waals surface area (Å²) in [6.07, 6.45) is 2.09. The highest BCUT2D eigenvalue weighted by molar-refractivity contribution is 7.48. The molecule has 1 aromatic carbocycles. The van der Waals surface area contributed by atoms with E-state index in [1.54, 1.807) is 0 Å². The largest absolute Gasteiger partial charge is 0.474 e. The average Bonchev–Trinajstić information content (AvgIpc) is 2.77. The van der Waals surface area contributed by atoms with Crippen LogP contribution in [0, 0.1) is 6.92 Å². The molecule has 0 spiro atoms. The van der Waals surface area contributed by atoms with Crippen molar-refractivity contribution in [2.24, 2.45) is 0 Å². The quantitative estimate of drug-likeness (QED) is 0.248. The van der Waals surface area contributed by atoms with Gasteiger partial charge in [-0.15, -0.1) is 0 Å². The maximum atomic E-state index is 12.4. The summed E-state index contributed by atoms with van der Waals surface area (Å²) in [5, 5.41) is 3.14. The Balaban J connectivity index is 1.89. The zero-order valence-electron chi connectivity index (χ0n) is 18.6. The van der Waals surface area contributed by atoms with Gasteiger partial charge in [0, 0.05) is 27.3 Å². The molecule has 0 aromatic heterocycles. The lowest BCUT2D eigenvalue weighted by atomic mass is 10.1. The van der Waals surface area contributed by atoms with Crippen LogP contribution in [0.15, 0.2) is 21.7 Å². The number of benzene rings is 1. The van der Waals surface area contributed by atoms with Crippen LogP contribution in [0.2, 0.25) is 0 Å². The number of H-pyrrole nitrogens is 1. The second-order valence-electron chi connectivity index (χ2n) is 7.31. The number of nitrogens with zero attached hydrogens (tertiary/aromatic N) is 3. The van der Waals surface area contributed by atoms with Gasteiger partial charge in [0.1, 0.15) is 0 Å². The van der Waals surface area contributed by atoms with Gasteiger partial charge in [0.2, 0.25) is 0 Å². The van der Waals surface area contributed by atoms with Gasteiger partial charge in [-0.05, 0) is 56.5 Å². The molecule has 0 atom stereocenters. The Morgan fingerprint density at radius 1 is 1.12 bits per heavy atom. The number of phosphoric acid groups is 1. The first-order chi connectivity index (χ1) is 15.3. The fraction of sp³-hybridized carbons (Fsp3) is 0.500. The number of phosphoric ester groups is 1. The van der Waals surface area contributed by atoms with E-state index in [-0.39, 0.29) is 18.1 Å². The lowest BCUT2D eigenvalue weighted by molar-refractivity contribution is 0.150. The number of hydrogen-bond donors (Lipinski definition) is 2. The summed E-state index contributed by atoms with van der Waals surface area (Å²) in [5.74, 6) is 0.255. The molecule has 0 amide bonds. The molecule has 3 rings (SSSR count). The van der Waals surface area contributed by atoms with E-state index >= 15 is 0 Å². The van der Waals surface area contributed by atoms with Crippen LogP contribution in [0.25, 0.3) is 22.6 Å². The molecule has 0 unspecified atom stereocenters. The summed E-state index contributed by atoms with van der Waals surface area (Å²) in [5.41, 5.74) is 2.45. The van der Waals surface area contributed by atoms with Crippen molar-refractivity contribution in [3.05, 3.63) is 44.1 Å². The summed E-state index contributed by atoms with van der Waals surface area (Å²) < 4.78 is 28.5. The lowest BCUT2D eigenvalue weighted by Crippen LogP contribution is -2.29. The van der Waals surface area contributed by atoms with Crippen LogP contribution >= 0.6 is 7.82 Å². The maximum Gasteiger partial charge on any atom is 0.474 e. The first-order valence-electron chi connectivity index (χ1n) is 10.3. The van der Waals surface area contributed by atoms with Crippen molar-refractivity contribution in [2.75, 3.05) is 27.9 Å². The number of aromatic nitrogens is 4. The second kappa shape index (κ2) is 10.5. The molecule has 32 heavy (non-hydrogen) atoms. The number of rotatable bonds is 11. The first-order valence-corrected chi connectivity index (χ1v) is 11.7.